The molecule has 0 amide bonds. The molecule has 2 atom stereocenters. The predicted molar refractivity (Wildman–Crippen MR) is 63.0 cm³/mol. The molecule has 0 aliphatic carbocycles. The molecule has 1 aliphatic heterocycles. The van der Waals surface area contributed by atoms with Crippen molar-refractivity contribution in [2.45, 2.75) is 45.6 Å². The highest BCUT2D eigenvalue weighted by molar-refractivity contribution is 4.96. The van der Waals surface area contributed by atoms with Gasteiger partial charge in [0.05, 0.1) is 6.10 Å². The van der Waals surface area contributed by atoms with Crippen LogP contribution in [0.4, 0.5) is 0 Å². The van der Waals surface area contributed by atoms with Crippen molar-refractivity contribution in [2.75, 3.05) is 20.3 Å². The average Bonchev–Trinajstić information content (AvgIpc) is 2.50. The molecule has 0 saturated carbocycles. The standard InChI is InChI=1S/C13H24O2/c1-4-11(2)5-6-12-7-9-15-10-8-13(12)14-3/h4,12-13H,5-10H2,1-3H3/b11-4+. The molecule has 2 unspecified atom stereocenters. The fourth-order valence-electron chi connectivity index (χ4n) is 2.16. The van der Waals surface area contributed by atoms with Crippen LogP contribution >= 0.6 is 0 Å². The maximum atomic E-state index is 5.55. The first-order chi connectivity index (χ1) is 7.27. The molecular weight excluding hydrogens is 188 g/mol. The van der Waals surface area contributed by atoms with Crippen LogP contribution in [-0.4, -0.2) is 26.4 Å². The summed E-state index contributed by atoms with van der Waals surface area (Å²) >= 11 is 0. The Balaban J connectivity index is 2.41. The van der Waals surface area contributed by atoms with Gasteiger partial charge in [0.1, 0.15) is 0 Å². The quantitative estimate of drug-likeness (QED) is 0.666. The number of hydrogen-bond acceptors (Lipinski definition) is 2. The number of methoxy groups -OCH3 is 1. The Labute approximate surface area is 93.7 Å². The lowest BCUT2D eigenvalue weighted by Gasteiger charge is -2.23. The van der Waals surface area contributed by atoms with Crippen LogP contribution in [0.1, 0.15) is 39.5 Å². The van der Waals surface area contributed by atoms with Crippen LogP contribution in [0.5, 0.6) is 0 Å². The van der Waals surface area contributed by atoms with Crippen molar-refractivity contribution in [1.29, 1.82) is 0 Å². The summed E-state index contributed by atoms with van der Waals surface area (Å²) in [5.41, 5.74) is 1.48. The summed E-state index contributed by atoms with van der Waals surface area (Å²) in [7, 11) is 1.82. The van der Waals surface area contributed by atoms with Gasteiger partial charge >= 0.3 is 0 Å². The minimum atomic E-state index is 0.400. The number of allylic oxidation sites excluding steroid dienone is 2. The molecule has 0 N–H and O–H groups in total. The normalized spacial score (nSPS) is 28.9. The Bertz CT molecular complexity index is 199. The van der Waals surface area contributed by atoms with E-state index in [0.717, 1.165) is 26.1 Å². The molecular formula is C13H24O2. The van der Waals surface area contributed by atoms with E-state index in [1.807, 2.05) is 7.11 Å². The Morgan fingerprint density at radius 2 is 2.13 bits per heavy atom. The molecule has 0 radical (unpaired) electrons. The lowest BCUT2D eigenvalue weighted by molar-refractivity contribution is 0.0432. The third kappa shape index (κ3) is 4.35. The second kappa shape index (κ2) is 7.02. The van der Waals surface area contributed by atoms with Crippen molar-refractivity contribution < 1.29 is 9.47 Å². The van der Waals surface area contributed by atoms with Crippen molar-refractivity contribution >= 4 is 0 Å². The zero-order valence-corrected chi connectivity index (χ0v) is 10.3. The first kappa shape index (κ1) is 12.7. The van der Waals surface area contributed by atoms with Gasteiger partial charge in [-0.1, -0.05) is 11.6 Å². The minimum absolute atomic E-state index is 0.400. The number of hydrogen-bond donors (Lipinski definition) is 0. The Kier molecular flexibility index (Phi) is 5.96. The lowest BCUT2D eigenvalue weighted by Crippen LogP contribution is -2.22. The maximum Gasteiger partial charge on any atom is 0.0622 e. The molecule has 0 bridgehead atoms. The van der Waals surface area contributed by atoms with Gasteiger partial charge in [-0.25, -0.2) is 0 Å². The molecule has 0 aromatic rings. The van der Waals surface area contributed by atoms with Crippen LogP contribution < -0.4 is 0 Å². The van der Waals surface area contributed by atoms with Crippen LogP contribution in [0.15, 0.2) is 11.6 Å². The Hall–Kier alpha value is -0.340. The third-order valence-corrected chi connectivity index (χ3v) is 3.41. The van der Waals surface area contributed by atoms with E-state index in [1.54, 1.807) is 0 Å². The largest absolute Gasteiger partial charge is 0.381 e. The van der Waals surface area contributed by atoms with E-state index in [-0.39, 0.29) is 0 Å². The lowest BCUT2D eigenvalue weighted by atomic mass is 9.91. The molecule has 1 fully saturated rings. The molecule has 1 rings (SSSR count). The number of ether oxygens (including phenoxy) is 2. The van der Waals surface area contributed by atoms with E-state index in [4.69, 9.17) is 9.47 Å². The molecule has 0 spiro atoms. The maximum absolute atomic E-state index is 5.55. The zero-order chi connectivity index (χ0) is 11.1. The summed E-state index contributed by atoms with van der Waals surface area (Å²) in [6, 6.07) is 0. The van der Waals surface area contributed by atoms with E-state index in [9.17, 15) is 0 Å². The topological polar surface area (TPSA) is 18.5 Å². The zero-order valence-electron chi connectivity index (χ0n) is 10.3. The van der Waals surface area contributed by atoms with Crippen molar-refractivity contribution in [3.8, 4) is 0 Å². The third-order valence-electron chi connectivity index (χ3n) is 3.41. The van der Waals surface area contributed by atoms with Gasteiger partial charge in [0, 0.05) is 20.3 Å². The molecule has 1 aliphatic rings. The van der Waals surface area contributed by atoms with Gasteiger partial charge in [-0.05, 0) is 45.4 Å². The first-order valence-electron chi connectivity index (χ1n) is 6.00. The van der Waals surface area contributed by atoms with Crippen molar-refractivity contribution in [3.63, 3.8) is 0 Å². The van der Waals surface area contributed by atoms with Crippen molar-refractivity contribution in [1.82, 2.24) is 0 Å². The SMILES string of the molecule is C/C=C(\C)CCC1CCOCCC1OC. The molecule has 0 aromatic carbocycles. The molecule has 0 aromatic heterocycles. The first-order valence-corrected chi connectivity index (χ1v) is 6.00. The van der Waals surface area contributed by atoms with Gasteiger partial charge in [0.2, 0.25) is 0 Å². The van der Waals surface area contributed by atoms with Gasteiger partial charge in [-0.3, -0.25) is 0 Å². The minimum Gasteiger partial charge on any atom is -0.381 e. The van der Waals surface area contributed by atoms with Gasteiger partial charge in [-0.2, -0.15) is 0 Å². The highest BCUT2D eigenvalue weighted by atomic mass is 16.5. The fraction of sp³-hybridized carbons (Fsp3) is 0.846. The predicted octanol–water partition coefficient (Wildman–Crippen LogP) is 3.17. The van der Waals surface area contributed by atoms with E-state index in [2.05, 4.69) is 19.9 Å². The monoisotopic (exact) mass is 212 g/mol. The van der Waals surface area contributed by atoms with Crippen LogP contribution in [0.25, 0.3) is 0 Å². The van der Waals surface area contributed by atoms with Gasteiger partial charge < -0.3 is 9.47 Å². The average molecular weight is 212 g/mol. The summed E-state index contributed by atoms with van der Waals surface area (Å²) in [4.78, 5) is 0. The summed E-state index contributed by atoms with van der Waals surface area (Å²) in [5, 5.41) is 0. The number of rotatable bonds is 4. The molecule has 15 heavy (non-hydrogen) atoms. The molecule has 88 valence electrons. The second-order valence-corrected chi connectivity index (χ2v) is 4.40. The van der Waals surface area contributed by atoms with Crippen molar-refractivity contribution in [2.24, 2.45) is 5.92 Å². The van der Waals surface area contributed by atoms with E-state index < -0.39 is 0 Å². The molecule has 2 nitrogen and oxygen atoms in total. The fourth-order valence-corrected chi connectivity index (χ4v) is 2.16. The smallest absolute Gasteiger partial charge is 0.0622 e. The van der Waals surface area contributed by atoms with Gasteiger partial charge in [0.25, 0.3) is 0 Å². The van der Waals surface area contributed by atoms with Crippen LogP contribution in [0.2, 0.25) is 0 Å². The Morgan fingerprint density at radius 3 is 2.80 bits per heavy atom. The van der Waals surface area contributed by atoms with E-state index >= 15 is 0 Å². The van der Waals surface area contributed by atoms with Crippen molar-refractivity contribution in [3.05, 3.63) is 11.6 Å². The van der Waals surface area contributed by atoms with Crippen LogP contribution in [0.3, 0.4) is 0 Å². The van der Waals surface area contributed by atoms with Crippen LogP contribution in [0, 0.1) is 5.92 Å². The van der Waals surface area contributed by atoms with Gasteiger partial charge in [-0.15, -0.1) is 0 Å². The Morgan fingerprint density at radius 1 is 1.40 bits per heavy atom. The summed E-state index contributed by atoms with van der Waals surface area (Å²) in [5.74, 6) is 0.674. The summed E-state index contributed by atoms with van der Waals surface area (Å²) in [6.07, 6.45) is 7.23. The van der Waals surface area contributed by atoms with Crippen LogP contribution in [-0.2, 0) is 9.47 Å². The summed E-state index contributed by atoms with van der Waals surface area (Å²) < 4.78 is 11.0. The van der Waals surface area contributed by atoms with Gasteiger partial charge in [0.15, 0.2) is 0 Å². The van der Waals surface area contributed by atoms with E-state index in [1.165, 1.54) is 18.4 Å². The molecule has 1 heterocycles. The highest BCUT2D eigenvalue weighted by Crippen LogP contribution is 2.25. The summed E-state index contributed by atoms with van der Waals surface area (Å²) in [6.45, 7) is 6.07. The highest BCUT2D eigenvalue weighted by Gasteiger charge is 2.23. The molecule has 1 saturated heterocycles. The molecule has 2 heteroatoms. The van der Waals surface area contributed by atoms with E-state index in [0.29, 0.717) is 12.0 Å². The second-order valence-electron chi connectivity index (χ2n) is 4.40.